The van der Waals surface area contributed by atoms with Crippen molar-refractivity contribution in [1.82, 2.24) is 0 Å². The Labute approximate surface area is 143 Å². The van der Waals surface area contributed by atoms with Gasteiger partial charge in [0.2, 0.25) is 0 Å². The zero-order valence-electron chi connectivity index (χ0n) is 13.9. The molecule has 3 heteroatoms. The lowest BCUT2D eigenvalue weighted by Crippen LogP contribution is -2.53. The fourth-order valence-corrected chi connectivity index (χ4v) is 7.85. The molecule has 1 spiro atoms. The van der Waals surface area contributed by atoms with E-state index in [1.54, 1.807) is 6.08 Å². The molecular weight excluding hydrogens is 308 g/mol. The zero-order chi connectivity index (χ0) is 16.2. The Balaban J connectivity index is 1.60. The smallest absolute Gasteiger partial charge is 0.196 e. The van der Waals surface area contributed by atoms with Crippen molar-refractivity contribution in [2.24, 2.45) is 34.0 Å². The summed E-state index contributed by atoms with van der Waals surface area (Å²) in [5.41, 5.74) is 1.62. The second-order valence-corrected chi connectivity index (χ2v) is 9.55. The largest absolute Gasteiger partial charge is 0.393 e. The molecule has 23 heavy (non-hydrogen) atoms. The number of carbonyl (C=O) groups excluding carboxylic acids is 1. The maximum Gasteiger partial charge on any atom is 0.196 e. The van der Waals surface area contributed by atoms with E-state index in [-0.39, 0.29) is 22.7 Å². The number of carbonyl (C=O) groups is 1. The maximum absolute atomic E-state index is 12.0. The summed E-state index contributed by atoms with van der Waals surface area (Å²) in [7, 11) is 0. The van der Waals surface area contributed by atoms with Crippen LogP contribution in [-0.2, 0) is 4.79 Å². The van der Waals surface area contributed by atoms with Crippen LogP contribution in [0.15, 0.2) is 22.8 Å². The summed E-state index contributed by atoms with van der Waals surface area (Å²) in [4.78, 5) is 12.0. The van der Waals surface area contributed by atoms with Crippen LogP contribution in [-0.4, -0.2) is 17.0 Å². The lowest BCUT2D eigenvalue weighted by Gasteiger charge is -2.58. The van der Waals surface area contributed by atoms with Gasteiger partial charge in [0, 0.05) is 5.41 Å². The summed E-state index contributed by atoms with van der Waals surface area (Å²) in [5, 5.41) is 11.1. The Morgan fingerprint density at radius 2 is 2.04 bits per heavy atom. The van der Waals surface area contributed by atoms with Crippen LogP contribution in [0.3, 0.4) is 0 Å². The van der Waals surface area contributed by atoms with E-state index in [1.807, 2.05) is 0 Å². The van der Waals surface area contributed by atoms with Crippen molar-refractivity contribution in [2.45, 2.75) is 58.5 Å². The summed E-state index contributed by atoms with van der Waals surface area (Å²) < 4.78 is 0. The molecule has 0 heterocycles. The molecule has 0 radical (unpaired) electrons. The van der Waals surface area contributed by atoms with Gasteiger partial charge in [-0.15, -0.1) is 0 Å². The van der Waals surface area contributed by atoms with E-state index >= 15 is 0 Å². The lowest BCUT2D eigenvalue weighted by molar-refractivity contribution is -0.112. The Bertz CT molecular complexity index is 679. The summed E-state index contributed by atoms with van der Waals surface area (Å²) in [6.07, 6.45) is 10.4. The second-order valence-electron chi connectivity index (χ2n) is 9.17. The fraction of sp³-hybridized carbons (Fsp3) is 0.750. The first-order valence-electron chi connectivity index (χ1n) is 9.15. The van der Waals surface area contributed by atoms with Crippen molar-refractivity contribution in [3.05, 3.63) is 22.8 Å². The molecule has 7 atom stereocenters. The minimum absolute atomic E-state index is 0.0167. The predicted octanol–water partition coefficient (Wildman–Crippen LogP) is 4.22. The highest BCUT2D eigenvalue weighted by Crippen LogP contribution is 2.82. The predicted molar refractivity (Wildman–Crippen MR) is 89.9 cm³/mol. The molecule has 2 nitrogen and oxygen atoms in total. The molecule has 0 aliphatic heterocycles. The Morgan fingerprint density at radius 1 is 1.26 bits per heavy atom. The van der Waals surface area contributed by atoms with Gasteiger partial charge in [0.05, 0.1) is 11.1 Å². The van der Waals surface area contributed by atoms with Crippen LogP contribution in [0.5, 0.6) is 0 Å². The molecule has 1 N–H and O–H groups in total. The van der Waals surface area contributed by atoms with Crippen LogP contribution in [0.25, 0.3) is 0 Å². The van der Waals surface area contributed by atoms with E-state index in [4.69, 9.17) is 11.6 Å². The van der Waals surface area contributed by atoms with Gasteiger partial charge < -0.3 is 5.11 Å². The monoisotopic (exact) mass is 332 g/mol. The van der Waals surface area contributed by atoms with Crippen LogP contribution in [0.2, 0.25) is 0 Å². The minimum Gasteiger partial charge on any atom is -0.393 e. The molecular formula is C20H25ClO2. The molecule has 5 aliphatic carbocycles. The van der Waals surface area contributed by atoms with Gasteiger partial charge in [0.1, 0.15) is 0 Å². The van der Waals surface area contributed by atoms with Gasteiger partial charge in [-0.1, -0.05) is 31.5 Å². The number of rotatable bonds is 0. The van der Waals surface area contributed by atoms with E-state index in [0.29, 0.717) is 22.3 Å². The van der Waals surface area contributed by atoms with Crippen molar-refractivity contribution in [2.75, 3.05) is 0 Å². The van der Waals surface area contributed by atoms with Crippen LogP contribution < -0.4 is 0 Å². The Kier molecular flexibility index (Phi) is 2.65. The Morgan fingerprint density at radius 3 is 2.83 bits per heavy atom. The average Bonchev–Trinajstić information content (AvgIpc) is 3.17. The molecule has 5 rings (SSSR count). The van der Waals surface area contributed by atoms with Crippen molar-refractivity contribution < 1.29 is 9.90 Å². The van der Waals surface area contributed by atoms with Gasteiger partial charge in [0.25, 0.3) is 0 Å². The number of hydrogen-bond acceptors (Lipinski definition) is 2. The number of halogens is 1. The van der Waals surface area contributed by atoms with Crippen molar-refractivity contribution in [3.63, 3.8) is 0 Å². The second kappa shape index (κ2) is 4.14. The molecule has 4 saturated carbocycles. The Hall–Kier alpha value is -0.600. The van der Waals surface area contributed by atoms with Gasteiger partial charge in [-0.05, 0) is 78.8 Å². The normalized spacial score (nSPS) is 56.8. The molecule has 4 fully saturated rings. The number of ketones is 1. The fourth-order valence-electron chi connectivity index (χ4n) is 7.48. The molecule has 5 aliphatic rings. The van der Waals surface area contributed by atoms with Crippen LogP contribution in [0, 0.1) is 34.0 Å². The third-order valence-corrected chi connectivity index (χ3v) is 9.18. The van der Waals surface area contributed by atoms with Crippen molar-refractivity contribution in [1.29, 1.82) is 0 Å². The third kappa shape index (κ3) is 1.46. The highest BCUT2D eigenvalue weighted by atomic mass is 35.5. The average molecular weight is 333 g/mol. The summed E-state index contributed by atoms with van der Waals surface area (Å²) >= 11 is 6.41. The highest BCUT2D eigenvalue weighted by molar-refractivity contribution is 6.45. The van der Waals surface area contributed by atoms with Crippen LogP contribution in [0.4, 0.5) is 0 Å². The summed E-state index contributed by atoms with van der Waals surface area (Å²) in [6.45, 7) is 4.65. The van der Waals surface area contributed by atoms with E-state index in [9.17, 15) is 9.90 Å². The molecule has 0 bridgehead atoms. The summed E-state index contributed by atoms with van der Waals surface area (Å²) in [6, 6.07) is 0. The van der Waals surface area contributed by atoms with Gasteiger partial charge in [0.15, 0.2) is 5.78 Å². The van der Waals surface area contributed by atoms with E-state index in [0.717, 1.165) is 38.0 Å². The lowest BCUT2D eigenvalue weighted by atomic mass is 9.46. The van der Waals surface area contributed by atoms with Crippen LogP contribution >= 0.6 is 11.6 Å². The van der Waals surface area contributed by atoms with E-state index < -0.39 is 0 Å². The number of allylic oxidation sites excluding steroid dienone is 4. The van der Waals surface area contributed by atoms with Gasteiger partial charge in [-0.3, -0.25) is 4.79 Å². The molecule has 0 aromatic carbocycles. The van der Waals surface area contributed by atoms with E-state index in [2.05, 4.69) is 19.9 Å². The maximum atomic E-state index is 12.0. The number of hydrogen-bond donors (Lipinski definition) is 1. The topological polar surface area (TPSA) is 37.3 Å². The third-order valence-electron chi connectivity index (χ3n) is 8.77. The van der Waals surface area contributed by atoms with Gasteiger partial charge >= 0.3 is 0 Å². The number of aliphatic hydroxyl groups is 1. The quantitative estimate of drug-likeness (QED) is 0.721. The van der Waals surface area contributed by atoms with Gasteiger partial charge in [-0.25, -0.2) is 0 Å². The zero-order valence-corrected chi connectivity index (χ0v) is 14.7. The molecule has 0 aromatic heterocycles. The number of fused-ring (bicyclic) bond motifs is 3. The molecule has 0 aromatic rings. The van der Waals surface area contributed by atoms with Gasteiger partial charge in [-0.2, -0.15) is 0 Å². The van der Waals surface area contributed by atoms with Crippen LogP contribution in [0.1, 0.15) is 52.4 Å². The number of aliphatic hydroxyl groups excluding tert-OH is 1. The first kappa shape index (κ1) is 14.7. The first-order chi connectivity index (χ1) is 10.8. The molecule has 124 valence electrons. The molecule has 0 saturated heterocycles. The first-order valence-corrected chi connectivity index (χ1v) is 9.53. The van der Waals surface area contributed by atoms with E-state index in [1.165, 1.54) is 12.0 Å². The highest BCUT2D eigenvalue weighted by Gasteiger charge is 2.77. The minimum atomic E-state index is -0.112. The standard InChI is InChI=1S/C20H25ClO2/c1-18-7-6-15(22)17(21)14(18)4-3-13-12(18)5-8-19(2)16(23)9-11-10-20(11,13)19/h6-7,11-13,16,23H,3-5,8-10H2,1-2H3/t11-,12?,13?,16+,18+,19+,20+/m0/s1. The van der Waals surface area contributed by atoms with Crippen molar-refractivity contribution in [3.8, 4) is 0 Å². The van der Waals surface area contributed by atoms with Crippen molar-refractivity contribution >= 4 is 17.4 Å². The summed E-state index contributed by atoms with van der Waals surface area (Å²) in [5.74, 6) is 1.97. The SMILES string of the molecule is C[C@]12C=CC(=O)C(Cl)=C1CCC1C2CC[C@]2(C)[C@H](O)C[C@H]3C[C@]132. The molecule has 0 amide bonds. The molecule has 2 unspecified atom stereocenters.